The first-order chi connectivity index (χ1) is 10.7. The van der Waals surface area contributed by atoms with E-state index in [0.29, 0.717) is 18.5 Å². The van der Waals surface area contributed by atoms with Gasteiger partial charge >= 0.3 is 0 Å². The molecule has 112 valence electrons. The summed E-state index contributed by atoms with van der Waals surface area (Å²) in [6, 6.07) is 12.0. The Morgan fingerprint density at radius 1 is 1.23 bits per heavy atom. The van der Waals surface area contributed by atoms with Crippen LogP contribution in [-0.4, -0.2) is 17.4 Å². The lowest BCUT2D eigenvalue weighted by atomic mass is 10.1. The van der Waals surface area contributed by atoms with Gasteiger partial charge < -0.3 is 9.73 Å². The molecule has 3 rings (SSSR count). The number of oxazole rings is 1. The maximum Gasteiger partial charge on any atom is 0.224 e. The average molecular weight is 298 g/mol. The van der Waals surface area contributed by atoms with Gasteiger partial charge in [0.2, 0.25) is 5.91 Å². The molecule has 0 saturated heterocycles. The molecule has 3 aromatic rings. The number of nitrogens with one attached hydrogen (secondary N) is 1. The van der Waals surface area contributed by atoms with Crippen LogP contribution in [0.25, 0.3) is 11.1 Å². The van der Waals surface area contributed by atoms with E-state index in [9.17, 15) is 9.18 Å². The first-order valence-electron chi connectivity index (χ1n) is 7.04. The van der Waals surface area contributed by atoms with E-state index < -0.39 is 0 Å². The Morgan fingerprint density at radius 3 is 2.95 bits per heavy atom. The number of carbonyl (C=O) groups is 1. The Labute approximate surface area is 127 Å². The van der Waals surface area contributed by atoms with Crippen molar-refractivity contribution in [3.05, 3.63) is 65.8 Å². The summed E-state index contributed by atoms with van der Waals surface area (Å²) in [4.78, 5) is 15.9. The fourth-order valence-corrected chi connectivity index (χ4v) is 2.28. The van der Waals surface area contributed by atoms with Crippen LogP contribution in [0, 0.1) is 5.82 Å². The van der Waals surface area contributed by atoms with Crippen LogP contribution in [0.4, 0.5) is 4.39 Å². The minimum Gasteiger partial charge on any atom is -0.443 e. The minimum atomic E-state index is -0.353. The number of nitrogens with zero attached hydrogens (tertiary/aromatic N) is 1. The van der Waals surface area contributed by atoms with Crippen LogP contribution in [-0.2, 0) is 17.6 Å². The van der Waals surface area contributed by atoms with Gasteiger partial charge in [-0.15, -0.1) is 0 Å². The molecule has 1 N–H and O–H groups in total. The molecule has 4 nitrogen and oxygen atoms in total. The summed E-state index contributed by atoms with van der Waals surface area (Å²) in [6.07, 6.45) is 2.14. The van der Waals surface area contributed by atoms with Gasteiger partial charge in [0.05, 0.1) is 6.42 Å². The highest BCUT2D eigenvalue weighted by atomic mass is 19.1. The predicted octanol–water partition coefficient (Wildman–Crippen LogP) is 2.87. The number of benzene rings is 2. The number of hydrogen-bond acceptors (Lipinski definition) is 3. The zero-order valence-corrected chi connectivity index (χ0v) is 11.9. The topological polar surface area (TPSA) is 55.1 Å². The van der Waals surface area contributed by atoms with E-state index in [1.807, 2.05) is 18.2 Å². The Hall–Kier alpha value is -2.69. The van der Waals surface area contributed by atoms with Crippen LogP contribution >= 0.6 is 0 Å². The van der Waals surface area contributed by atoms with Crippen LogP contribution in [0.3, 0.4) is 0 Å². The second kappa shape index (κ2) is 6.39. The third-order valence-corrected chi connectivity index (χ3v) is 3.44. The van der Waals surface area contributed by atoms with E-state index in [1.54, 1.807) is 18.2 Å². The van der Waals surface area contributed by atoms with E-state index in [-0.39, 0.29) is 18.1 Å². The predicted molar refractivity (Wildman–Crippen MR) is 80.8 cm³/mol. The molecular weight excluding hydrogens is 283 g/mol. The number of fused-ring (bicyclic) bond motifs is 1. The van der Waals surface area contributed by atoms with Gasteiger partial charge in [-0.05, 0) is 35.7 Å². The zero-order chi connectivity index (χ0) is 15.4. The van der Waals surface area contributed by atoms with Gasteiger partial charge in [-0.25, -0.2) is 9.37 Å². The molecule has 1 heterocycles. The van der Waals surface area contributed by atoms with Crippen molar-refractivity contribution in [3.8, 4) is 0 Å². The van der Waals surface area contributed by atoms with E-state index in [2.05, 4.69) is 10.3 Å². The molecule has 2 aromatic carbocycles. The number of rotatable bonds is 5. The molecule has 0 unspecified atom stereocenters. The molecule has 0 atom stereocenters. The molecule has 0 saturated carbocycles. The Kier molecular flexibility index (Phi) is 4.14. The van der Waals surface area contributed by atoms with Crippen LogP contribution in [0.5, 0.6) is 0 Å². The maximum atomic E-state index is 13.5. The fourth-order valence-electron chi connectivity index (χ4n) is 2.28. The number of carbonyl (C=O) groups excluding carboxylic acids is 1. The SMILES string of the molecule is O=C(Cc1ccccc1F)NCCc1ccc2ocnc2c1. The Balaban J connectivity index is 1.52. The summed E-state index contributed by atoms with van der Waals surface area (Å²) in [5.74, 6) is -0.540. The molecule has 1 amide bonds. The lowest BCUT2D eigenvalue weighted by Gasteiger charge is -2.06. The summed E-state index contributed by atoms with van der Waals surface area (Å²) in [7, 11) is 0. The highest BCUT2D eigenvalue weighted by Crippen LogP contribution is 2.14. The van der Waals surface area contributed by atoms with Crippen molar-refractivity contribution >= 4 is 17.0 Å². The van der Waals surface area contributed by atoms with Gasteiger partial charge in [-0.3, -0.25) is 4.79 Å². The molecule has 0 fully saturated rings. The minimum absolute atomic E-state index is 0.0506. The lowest BCUT2D eigenvalue weighted by Crippen LogP contribution is -2.27. The molecule has 1 aromatic heterocycles. The molecular formula is C17H15FN2O2. The highest BCUT2D eigenvalue weighted by molar-refractivity contribution is 5.78. The molecule has 0 aliphatic rings. The van der Waals surface area contributed by atoms with Crippen LogP contribution in [0.15, 0.2) is 53.3 Å². The van der Waals surface area contributed by atoms with Gasteiger partial charge in [0.25, 0.3) is 0 Å². The van der Waals surface area contributed by atoms with E-state index in [4.69, 9.17) is 4.42 Å². The molecule has 0 spiro atoms. The van der Waals surface area contributed by atoms with Crippen LogP contribution in [0.1, 0.15) is 11.1 Å². The summed E-state index contributed by atoms with van der Waals surface area (Å²) < 4.78 is 18.6. The van der Waals surface area contributed by atoms with Crippen molar-refractivity contribution in [1.29, 1.82) is 0 Å². The standard InChI is InChI=1S/C17H15FN2O2/c18-14-4-2-1-3-13(14)10-17(21)19-8-7-12-5-6-16-15(9-12)20-11-22-16/h1-6,9,11H,7-8,10H2,(H,19,21). The van der Waals surface area contributed by atoms with Crippen LogP contribution < -0.4 is 5.32 Å². The highest BCUT2D eigenvalue weighted by Gasteiger charge is 2.07. The number of aromatic nitrogens is 1. The van der Waals surface area contributed by atoms with Gasteiger partial charge in [-0.2, -0.15) is 0 Å². The van der Waals surface area contributed by atoms with E-state index in [1.165, 1.54) is 12.5 Å². The maximum absolute atomic E-state index is 13.5. The molecule has 0 radical (unpaired) electrons. The van der Waals surface area contributed by atoms with Crippen molar-refractivity contribution in [2.75, 3.05) is 6.54 Å². The lowest BCUT2D eigenvalue weighted by molar-refractivity contribution is -0.120. The number of hydrogen-bond donors (Lipinski definition) is 1. The largest absolute Gasteiger partial charge is 0.443 e. The second-order valence-electron chi connectivity index (χ2n) is 5.02. The number of amides is 1. The van der Waals surface area contributed by atoms with Crippen molar-refractivity contribution in [3.63, 3.8) is 0 Å². The van der Waals surface area contributed by atoms with Crippen molar-refractivity contribution in [2.24, 2.45) is 0 Å². The zero-order valence-electron chi connectivity index (χ0n) is 11.9. The Morgan fingerprint density at radius 2 is 2.09 bits per heavy atom. The van der Waals surface area contributed by atoms with E-state index in [0.717, 1.165) is 16.7 Å². The van der Waals surface area contributed by atoms with Crippen molar-refractivity contribution < 1.29 is 13.6 Å². The molecule has 22 heavy (non-hydrogen) atoms. The third kappa shape index (κ3) is 3.31. The monoisotopic (exact) mass is 298 g/mol. The molecule has 0 bridgehead atoms. The first kappa shape index (κ1) is 14.3. The van der Waals surface area contributed by atoms with E-state index >= 15 is 0 Å². The van der Waals surface area contributed by atoms with Gasteiger partial charge in [0.15, 0.2) is 12.0 Å². The molecule has 0 aliphatic heterocycles. The average Bonchev–Trinajstić information content (AvgIpc) is 2.97. The summed E-state index contributed by atoms with van der Waals surface area (Å²) >= 11 is 0. The first-order valence-corrected chi connectivity index (χ1v) is 7.04. The molecule has 5 heteroatoms. The van der Waals surface area contributed by atoms with Gasteiger partial charge in [0.1, 0.15) is 11.3 Å². The summed E-state index contributed by atoms with van der Waals surface area (Å²) in [5.41, 5.74) is 3.01. The normalized spacial score (nSPS) is 10.8. The second-order valence-corrected chi connectivity index (χ2v) is 5.02. The van der Waals surface area contributed by atoms with Gasteiger partial charge in [-0.1, -0.05) is 24.3 Å². The van der Waals surface area contributed by atoms with Crippen LogP contribution in [0.2, 0.25) is 0 Å². The fraction of sp³-hybridized carbons (Fsp3) is 0.176. The third-order valence-electron chi connectivity index (χ3n) is 3.44. The summed E-state index contributed by atoms with van der Waals surface area (Å²) in [5, 5.41) is 2.80. The van der Waals surface area contributed by atoms with Crippen molar-refractivity contribution in [1.82, 2.24) is 10.3 Å². The number of halogens is 1. The quantitative estimate of drug-likeness (QED) is 0.788. The summed E-state index contributed by atoms with van der Waals surface area (Å²) in [6.45, 7) is 0.497. The smallest absolute Gasteiger partial charge is 0.224 e. The van der Waals surface area contributed by atoms with Crippen molar-refractivity contribution in [2.45, 2.75) is 12.8 Å². The Bertz CT molecular complexity index is 798. The molecule has 0 aliphatic carbocycles. The van der Waals surface area contributed by atoms with Gasteiger partial charge in [0, 0.05) is 6.54 Å².